The van der Waals surface area contributed by atoms with Crippen molar-refractivity contribution in [2.24, 2.45) is 0 Å². The SMILES string of the molecule is COc1ccc(O[C@H]2C[C@@H](OCc3ccccc3)[C@H](OCc3ccccc3)[C@@H](COCc3ccccc3)O2)cc1. The van der Waals surface area contributed by atoms with Gasteiger partial charge in [-0.15, -0.1) is 0 Å². The lowest BCUT2D eigenvalue weighted by molar-refractivity contribution is -0.257. The van der Waals surface area contributed by atoms with Crippen LogP contribution in [0.5, 0.6) is 11.5 Å². The van der Waals surface area contributed by atoms with Crippen molar-refractivity contribution in [3.05, 3.63) is 132 Å². The van der Waals surface area contributed by atoms with E-state index in [0.29, 0.717) is 38.6 Å². The minimum atomic E-state index is -0.531. The monoisotopic (exact) mass is 540 g/mol. The molecule has 4 aromatic carbocycles. The van der Waals surface area contributed by atoms with E-state index in [9.17, 15) is 0 Å². The van der Waals surface area contributed by atoms with E-state index in [0.717, 1.165) is 22.4 Å². The van der Waals surface area contributed by atoms with Gasteiger partial charge in [-0.05, 0) is 41.0 Å². The second kappa shape index (κ2) is 14.6. The van der Waals surface area contributed by atoms with Crippen molar-refractivity contribution in [2.45, 2.75) is 50.8 Å². The van der Waals surface area contributed by atoms with Crippen molar-refractivity contribution in [3.63, 3.8) is 0 Å². The smallest absolute Gasteiger partial charge is 0.202 e. The van der Waals surface area contributed by atoms with Crippen LogP contribution in [0, 0.1) is 0 Å². The maximum Gasteiger partial charge on any atom is 0.202 e. The van der Waals surface area contributed by atoms with Crippen LogP contribution in [0.1, 0.15) is 23.1 Å². The molecule has 0 aliphatic carbocycles. The third-order valence-electron chi connectivity index (χ3n) is 6.80. The highest BCUT2D eigenvalue weighted by atomic mass is 16.7. The first-order valence-corrected chi connectivity index (χ1v) is 13.7. The van der Waals surface area contributed by atoms with E-state index in [2.05, 4.69) is 24.3 Å². The van der Waals surface area contributed by atoms with E-state index in [4.69, 9.17) is 28.4 Å². The van der Waals surface area contributed by atoms with Gasteiger partial charge in [-0.25, -0.2) is 0 Å². The number of ether oxygens (including phenoxy) is 6. The molecule has 0 spiro atoms. The van der Waals surface area contributed by atoms with E-state index in [-0.39, 0.29) is 12.2 Å². The van der Waals surface area contributed by atoms with Gasteiger partial charge in [0.15, 0.2) is 0 Å². The van der Waals surface area contributed by atoms with Gasteiger partial charge in [-0.3, -0.25) is 0 Å². The largest absolute Gasteiger partial charge is 0.497 e. The summed E-state index contributed by atoms with van der Waals surface area (Å²) in [6.45, 7) is 1.72. The van der Waals surface area contributed by atoms with Crippen LogP contribution in [0.15, 0.2) is 115 Å². The molecule has 0 radical (unpaired) electrons. The Labute approximate surface area is 236 Å². The van der Waals surface area contributed by atoms with Gasteiger partial charge >= 0.3 is 0 Å². The minimum Gasteiger partial charge on any atom is -0.497 e. The Morgan fingerprint density at radius 2 is 1.15 bits per heavy atom. The van der Waals surface area contributed by atoms with Crippen LogP contribution in [0.3, 0.4) is 0 Å². The molecule has 0 unspecified atom stereocenters. The molecule has 6 nitrogen and oxygen atoms in total. The summed E-state index contributed by atoms with van der Waals surface area (Å²) in [6.07, 6.45) is -1.05. The zero-order valence-electron chi connectivity index (χ0n) is 22.8. The van der Waals surface area contributed by atoms with Crippen molar-refractivity contribution in [1.29, 1.82) is 0 Å². The van der Waals surface area contributed by atoms with Gasteiger partial charge in [0.2, 0.25) is 6.29 Å². The molecule has 6 heteroatoms. The van der Waals surface area contributed by atoms with Gasteiger partial charge in [-0.2, -0.15) is 0 Å². The summed E-state index contributed by atoms with van der Waals surface area (Å²) < 4.78 is 37.2. The fraction of sp³-hybridized carbons (Fsp3) is 0.294. The maximum absolute atomic E-state index is 6.51. The number of benzene rings is 4. The van der Waals surface area contributed by atoms with Crippen molar-refractivity contribution in [2.75, 3.05) is 13.7 Å². The zero-order chi connectivity index (χ0) is 27.4. The second-order valence-corrected chi connectivity index (χ2v) is 9.73. The van der Waals surface area contributed by atoms with Gasteiger partial charge in [0.05, 0.1) is 39.6 Å². The molecule has 0 amide bonds. The topological polar surface area (TPSA) is 55.4 Å². The molecule has 1 heterocycles. The zero-order valence-corrected chi connectivity index (χ0v) is 22.8. The Balaban J connectivity index is 1.33. The normalized spacial score (nSPS) is 20.6. The Hall–Kier alpha value is -3.68. The van der Waals surface area contributed by atoms with Crippen LogP contribution in [0.4, 0.5) is 0 Å². The Bertz CT molecular complexity index is 1250. The average Bonchev–Trinajstić information content (AvgIpc) is 3.01. The van der Waals surface area contributed by atoms with E-state index >= 15 is 0 Å². The summed E-state index contributed by atoms with van der Waals surface area (Å²) in [5.74, 6) is 1.46. The van der Waals surface area contributed by atoms with E-state index < -0.39 is 12.4 Å². The van der Waals surface area contributed by atoms with Gasteiger partial charge in [0.25, 0.3) is 0 Å². The van der Waals surface area contributed by atoms with Crippen LogP contribution >= 0.6 is 0 Å². The maximum atomic E-state index is 6.51. The molecule has 5 rings (SSSR count). The first-order valence-electron chi connectivity index (χ1n) is 13.7. The van der Waals surface area contributed by atoms with Crippen LogP contribution in [-0.4, -0.2) is 38.3 Å². The minimum absolute atomic E-state index is 0.272. The highest BCUT2D eigenvalue weighted by Gasteiger charge is 2.41. The molecule has 4 atom stereocenters. The predicted octanol–water partition coefficient (Wildman–Crippen LogP) is 6.58. The summed E-state index contributed by atoms with van der Waals surface area (Å²) in [5.41, 5.74) is 3.29. The molecule has 40 heavy (non-hydrogen) atoms. The quantitative estimate of drug-likeness (QED) is 0.191. The molecular formula is C34H36O6. The first-order chi connectivity index (χ1) is 19.8. The van der Waals surface area contributed by atoms with Crippen molar-refractivity contribution >= 4 is 0 Å². The summed E-state index contributed by atoms with van der Waals surface area (Å²) in [4.78, 5) is 0. The molecule has 1 aliphatic rings. The third-order valence-corrected chi connectivity index (χ3v) is 6.80. The highest BCUT2D eigenvalue weighted by molar-refractivity contribution is 5.31. The van der Waals surface area contributed by atoms with Gasteiger partial charge in [0.1, 0.15) is 23.7 Å². The van der Waals surface area contributed by atoms with Gasteiger partial charge in [0, 0.05) is 6.42 Å². The second-order valence-electron chi connectivity index (χ2n) is 9.73. The molecule has 0 N–H and O–H groups in total. The Morgan fingerprint density at radius 1 is 0.625 bits per heavy atom. The fourth-order valence-electron chi connectivity index (χ4n) is 4.70. The number of hydrogen-bond acceptors (Lipinski definition) is 6. The first kappa shape index (κ1) is 27.9. The van der Waals surface area contributed by atoms with Gasteiger partial charge < -0.3 is 28.4 Å². The summed E-state index contributed by atoms with van der Waals surface area (Å²) in [5, 5.41) is 0. The van der Waals surface area contributed by atoms with E-state index in [1.54, 1.807) is 7.11 Å². The Kier molecular flexibility index (Phi) is 10.2. The number of hydrogen-bond donors (Lipinski definition) is 0. The molecule has 208 valence electrons. The highest BCUT2D eigenvalue weighted by Crippen LogP contribution is 2.30. The van der Waals surface area contributed by atoms with Crippen LogP contribution in [0.2, 0.25) is 0 Å². The van der Waals surface area contributed by atoms with E-state index in [1.807, 2.05) is 91.0 Å². The molecule has 0 aromatic heterocycles. The number of rotatable bonds is 13. The summed E-state index contributed by atoms with van der Waals surface area (Å²) in [6, 6.07) is 37.9. The Morgan fingerprint density at radius 3 is 1.73 bits per heavy atom. The fourth-order valence-corrected chi connectivity index (χ4v) is 4.70. The molecular weight excluding hydrogens is 504 g/mol. The molecule has 1 fully saturated rings. The average molecular weight is 541 g/mol. The lowest BCUT2D eigenvalue weighted by atomic mass is 10.0. The lowest BCUT2D eigenvalue weighted by Gasteiger charge is -2.41. The van der Waals surface area contributed by atoms with Crippen LogP contribution in [-0.2, 0) is 38.8 Å². The number of methoxy groups -OCH3 is 1. The lowest BCUT2D eigenvalue weighted by Crippen LogP contribution is -2.53. The predicted molar refractivity (Wildman–Crippen MR) is 153 cm³/mol. The van der Waals surface area contributed by atoms with Crippen molar-refractivity contribution < 1.29 is 28.4 Å². The summed E-state index contributed by atoms with van der Waals surface area (Å²) in [7, 11) is 1.64. The molecule has 1 aliphatic heterocycles. The third kappa shape index (κ3) is 8.16. The molecule has 0 bridgehead atoms. The van der Waals surface area contributed by atoms with E-state index in [1.165, 1.54) is 0 Å². The van der Waals surface area contributed by atoms with Crippen molar-refractivity contribution in [1.82, 2.24) is 0 Å². The van der Waals surface area contributed by atoms with Crippen molar-refractivity contribution in [3.8, 4) is 11.5 Å². The molecule has 1 saturated heterocycles. The molecule has 4 aromatic rings. The van der Waals surface area contributed by atoms with Crippen LogP contribution in [0.25, 0.3) is 0 Å². The van der Waals surface area contributed by atoms with Crippen LogP contribution < -0.4 is 9.47 Å². The standard InChI is InChI=1S/C34H36O6/c1-35-29-17-19-30(20-18-29)39-33-21-31(37-23-27-13-7-3-8-14-27)34(38-24-28-15-9-4-10-16-28)32(40-33)25-36-22-26-11-5-2-6-12-26/h2-20,31-34H,21-25H2,1H3/t31-,32-,33-,34+/m1/s1. The molecule has 0 saturated carbocycles. The van der Waals surface area contributed by atoms with Gasteiger partial charge in [-0.1, -0.05) is 91.0 Å². The summed E-state index contributed by atoms with van der Waals surface area (Å²) >= 11 is 0.